The number of benzene rings is 2. The van der Waals surface area contributed by atoms with Crippen molar-refractivity contribution in [3.8, 4) is 11.5 Å². The van der Waals surface area contributed by atoms with Gasteiger partial charge < -0.3 is 14.8 Å². The van der Waals surface area contributed by atoms with Gasteiger partial charge in [0.15, 0.2) is 11.5 Å². The van der Waals surface area contributed by atoms with Gasteiger partial charge in [-0.25, -0.2) is 8.42 Å². The summed E-state index contributed by atoms with van der Waals surface area (Å²) in [4.78, 5) is 13.0. The van der Waals surface area contributed by atoms with Crippen molar-refractivity contribution in [1.29, 1.82) is 0 Å². The summed E-state index contributed by atoms with van der Waals surface area (Å²) in [6, 6.07) is 10.8. The molecule has 7 nitrogen and oxygen atoms in total. The average molecular weight is 523 g/mol. The maximum atomic E-state index is 13.8. The minimum atomic E-state index is -3.93. The fraction of sp³-hybridized carbons (Fsp3) is 0.483. The highest BCUT2D eigenvalue weighted by atomic mass is 32.2. The van der Waals surface area contributed by atoms with Crippen molar-refractivity contribution in [2.24, 2.45) is 17.8 Å². The molecule has 0 saturated heterocycles. The number of methoxy groups -OCH3 is 2. The van der Waals surface area contributed by atoms with E-state index >= 15 is 0 Å². The Morgan fingerprint density at radius 1 is 1.03 bits per heavy atom. The molecule has 0 spiro atoms. The minimum Gasteiger partial charge on any atom is -0.493 e. The van der Waals surface area contributed by atoms with Crippen LogP contribution in [0, 0.1) is 17.8 Å². The van der Waals surface area contributed by atoms with Crippen LogP contribution in [0.3, 0.4) is 0 Å². The van der Waals surface area contributed by atoms with Crippen LogP contribution < -0.4 is 19.1 Å². The molecule has 1 N–H and O–H groups in total. The summed E-state index contributed by atoms with van der Waals surface area (Å²) < 4.78 is 40.1. The zero-order chi connectivity index (χ0) is 25.8. The number of carbonyl (C=O) groups excluding carboxylic acids is 1. The summed E-state index contributed by atoms with van der Waals surface area (Å²) in [7, 11) is -1.02. The number of nitrogens with one attached hydrogen (secondary N) is 1. The van der Waals surface area contributed by atoms with Gasteiger partial charge in [-0.2, -0.15) is 0 Å². The molecule has 0 aromatic heterocycles. The van der Waals surface area contributed by atoms with Crippen molar-refractivity contribution in [2.75, 3.05) is 25.1 Å². The van der Waals surface area contributed by atoms with Gasteiger partial charge in [0, 0.05) is 18.2 Å². The van der Waals surface area contributed by atoms with Crippen LogP contribution in [-0.2, 0) is 21.2 Å². The zero-order valence-electron chi connectivity index (χ0n) is 21.4. The first-order valence-electron chi connectivity index (χ1n) is 13.2. The van der Waals surface area contributed by atoms with Crippen LogP contribution in [0.2, 0.25) is 0 Å². The molecule has 1 amide bonds. The summed E-state index contributed by atoms with van der Waals surface area (Å²) in [6.45, 7) is 0.362. The number of para-hydroxylation sites is 1. The standard InChI is InChI=1S/C29H34N2O5S/c1-35-25-14-19(7-8-27(32)30-29-16-20-11-21(17-29)13-22(12-20)18-29)15-26(28(25)36-2)37(33,34)31-10-9-23-5-3-4-6-24(23)31/h3-8,14-15,20-22H,9-13,16-18H2,1-2H3,(H,30,32). The summed E-state index contributed by atoms with van der Waals surface area (Å²) >= 11 is 0. The lowest BCUT2D eigenvalue weighted by Gasteiger charge is -2.56. The molecule has 8 heteroatoms. The van der Waals surface area contributed by atoms with Gasteiger partial charge in [-0.1, -0.05) is 18.2 Å². The lowest BCUT2D eigenvalue weighted by atomic mass is 9.53. The SMILES string of the molecule is COc1cc(C=CC(=O)NC23CC4CC(CC(C4)C2)C3)cc(S(=O)(=O)N2CCc3ccccc32)c1OC. The molecule has 4 bridgehead atoms. The van der Waals surface area contributed by atoms with E-state index in [4.69, 9.17) is 9.47 Å². The molecule has 7 rings (SSSR count). The Hall–Kier alpha value is -3.00. The Morgan fingerprint density at radius 2 is 1.70 bits per heavy atom. The maximum absolute atomic E-state index is 13.8. The van der Waals surface area contributed by atoms with E-state index in [2.05, 4.69) is 5.32 Å². The smallest absolute Gasteiger partial charge is 0.268 e. The van der Waals surface area contributed by atoms with E-state index in [1.165, 1.54) is 43.9 Å². The van der Waals surface area contributed by atoms with E-state index in [1.807, 2.05) is 24.3 Å². The van der Waals surface area contributed by atoms with E-state index < -0.39 is 10.0 Å². The van der Waals surface area contributed by atoms with Crippen LogP contribution in [0.15, 0.2) is 47.4 Å². The summed E-state index contributed by atoms with van der Waals surface area (Å²) in [5.41, 5.74) is 2.16. The van der Waals surface area contributed by atoms with Crippen molar-refractivity contribution in [3.05, 3.63) is 53.6 Å². The molecule has 2 aromatic carbocycles. The van der Waals surface area contributed by atoms with E-state index in [0.717, 1.165) is 42.6 Å². The van der Waals surface area contributed by atoms with Crippen LogP contribution in [0.4, 0.5) is 5.69 Å². The van der Waals surface area contributed by atoms with E-state index in [9.17, 15) is 13.2 Å². The molecule has 1 aliphatic heterocycles. The number of fused-ring (bicyclic) bond motifs is 1. The van der Waals surface area contributed by atoms with Gasteiger partial charge >= 0.3 is 0 Å². The Bertz CT molecular complexity index is 1330. The van der Waals surface area contributed by atoms with E-state index in [-0.39, 0.29) is 22.1 Å². The number of anilines is 1. The second-order valence-corrected chi connectivity index (χ2v) is 13.1. The van der Waals surface area contributed by atoms with Crippen LogP contribution >= 0.6 is 0 Å². The van der Waals surface area contributed by atoms with Gasteiger partial charge in [0.25, 0.3) is 10.0 Å². The van der Waals surface area contributed by atoms with Crippen molar-refractivity contribution in [2.45, 2.75) is 55.4 Å². The highest BCUT2D eigenvalue weighted by Crippen LogP contribution is 2.55. The lowest BCUT2D eigenvalue weighted by molar-refractivity contribution is -0.122. The number of hydrogen-bond acceptors (Lipinski definition) is 5. The van der Waals surface area contributed by atoms with E-state index in [0.29, 0.717) is 30.0 Å². The Morgan fingerprint density at radius 3 is 2.35 bits per heavy atom. The maximum Gasteiger partial charge on any atom is 0.268 e. The fourth-order valence-electron chi connectivity index (χ4n) is 7.65. The molecule has 196 valence electrons. The third-order valence-electron chi connectivity index (χ3n) is 8.73. The molecule has 4 aliphatic carbocycles. The third-order valence-corrected chi connectivity index (χ3v) is 10.6. The van der Waals surface area contributed by atoms with Crippen LogP contribution in [-0.4, -0.2) is 40.6 Å². The first-order valence-corrected chi connectivity index (χ1v) is 14.6. The molecular formula is C29H34N2O5S. The monoisotopic (exact) mass is 522 g/mol. The van der Waals surface area contributed by atoms with Gasteiger partial charge in [0.2, 0.25) is 5.91 Å². The zero-order valence-corrected chi connectivity index (χ0v) is 22.2. The molecule has 4 saturated carbocycles. The van der Waals surface area contributed by atoms with Gasteiger partial charge in [-0.15, -0.1) is 0 Å². The second kappa shape index (κ2) is 9.08. The largest absolute Gasteiger partial charge is 0.493 e. The molecule has 2 aromatic rings. The molecule has 4 fully saturated rings. The first kappa shape index (κ1) is 24.3. The van der Waals surface area contributed by atoms with Gasteiger partial charge in [-0.05, 0) is 98.1 Å². The highest BCUT2D eigenvalue weighted by molar-refractivity contribution is 7.93. The van der Waals surface area contributed by atoms with Gasteiger partial charge in [-0.3, -0.25) is 9.10 Å². The molecule has 37 heavy (non-hydrogen) atoms. The average Bonchev–Trinajstić information content (AvgIpc) is 3.31. The molecule has 0 radical (unpaired) electrons. The number of hydrogen-bond donors (Lipinski definition) is 1. The molecule has 0 atom stereocenters. The quantitative estimate of drug-likeness (QED) is 0.539. The normalized spacial score (nSPS) is 27.9. The molecule has 0 unspecified atom stereocenters. The highest BCUT2D eigenvalue weighted by Gasteiger charge is 2.51. The minimum absolute atomic E-state index is 0.0206. The third kappa shape index (κ3) is 4.29. The predicted octanol–water partition coefficient (Wildman–Crippen LogP) is 4.55. The van der Waals surface area contributed by atoms with Crippen molar-refractivity contribution in [3.63, 3.8) is 0 Å². The Labute approximate surface area is 218 Å². The summed E-state index contributed by atoms with van der Waals surface area (Å²) in [5, 5.41) is 3.34. The van der Waals surface area contributed by atoms with Crippen LogP contribution in [0.25, 0.3) is 6.08 Å². The van der Waals surface area contributed by atoms with Gasteiger partial charge in [0.05, 0.1) is 19.9 Å². The number of carbonyl (C=O) groups is 1. The summed E-state index contributed by atoms with van der Waals surface area (Å²) in [6.07, 6.45) is 11.0. The van der Waals surface area contributed by atoms with Crippen LogP contribution in [0.1, 0.15) is 49.7 Å². The topological polar surface area (TPSA) is 84.9 Å². The Kier molecular flexibility index (Phi) is 5.97. The molecule has 5 aliphatic rings. The fourth-order valence-corrected chi connectivity index (χ4v) is 9.36. The van der Waals surface area contributed by atoms with Gasteiger partial charge in [0.1, 0.15) is 4.90 Å². The van der Waals surface area contributed by atoms with Crippen molar-refractivity contribution in [1.82, 2.24) is 5.32 Å². The number of nitrogens with zero attached hydrogens (tertiary/aromatic N) is 1. The van der Waals surface area contributed by atoms with E-state index in [1.54, 1.807) is 18.2 Å². The predicted molar refractivity (Wildman–Crippen MR) is 142 cm³/mol. The van der Waals surface area contributed by atoms with Crippen LogP contribution in [0.5, 0.6) is 11.5 Å². The molecular weight excluding hydrogens is 488 g/mol. The number of amides is 1. The van der Waals surface area contributed by atoms with Crippen molar-refractivity contribution >= 4 is 27.7 Å². The molecule has 1 heterocycles. The number of rotatable bonds is 7. The Balaban J connectivity index is 1.28. The summed E-state index contributed by atoms with van der Waals surface area (Å²) in [5.74, 6) is 2.55. The number of sulfonamides is 1. The lowest BCUT2D eigenvalue weighted by Crippen LogP contribution is -2.59. The number of ether oxygens (including phenoxy) is 2. The second-order valence-electron chi connectivity index (χ2n) is 11.2. The first-order chi connectivity index (χ1) is 17.8. The van der Waals surface area contributed by atoms with Crippen molar-refractivity contribution < 1.29 is 22.7 Å².